The third-order valence-corrected chi connectivity index (χ3v) is 5.48. The Morgan fingerprint density at radius 2 is 2.00 bits per heavy atom. The zero-order chi connectivity index (χ0) is 23.6. The molecule has 2 amide bonds. The summed E-state index contributed by atoms with van der Waals surface area (Å²) in [7, 11) is 1.55. The quantitative estimate of drug-likeness (QED) is 0.235. The molecule has 2 aromatic carbocycles. The number of nitrogens with one attached hydrogen (secondary N) is 2. The predicted octanol–water partition coefficient (Wildman–Crippen LogP) is 3.57. The molecular weight excluding hydrogens is 510 g/mol. The number of carbonyl (C=O) groups excluding carboxylic acids is 2. The highest BCUT2D eigenvalue weighted by Crippen LogP contribution is 2.27. The van der Waals surface area contributed by atoms with E-state index in [0.717, 1.165) is 22.5 Å². The zero-order valence-corrected chi connectivity index (χ0v) is 20.4. The lowest BCUT2D eigenvalue weighted by Gasteiger charge is -2.10. The highest BCUT2D eigenvalue weighted by Gasteiger charge is 2.13. The number of anilines is 1. The van der Waals surface area contributed by atoms with Crippen LogP contribution in [0.1, 0.15) is 26.5 Å². The van der Waals surface area contributed by atoms with Crippen LogP contribution in [0.2, 0.25) is 0 Å². The number of carbonyl (C=O) groups is 2. The number of hydrazone groups is 1. The maximum atomic E-state index is 12.4. The van der Waals surface area contributed by atoms with Crippen molar-refractivity contribution in [1.82, 2.24) is 15.6 Å². The average Bonchev–Trinajstić information content (AvgIpc) is 3.24. The minimum absolute atomic E-state index is 0.0160. The van der Waals surface area contributed by atoms with Crippen molar-refractivity contribution < 1.29 is 19.1 Å². The normalized spacial score (nSPS) is 10.8. The van der Waals surface area contributed by atoms with Crippen molar-refractivity contribution >= 4 is 50.4 Å². The molecule has 0 aliphatic carbocycles. The molecule has 9 nitrogen and oxygen atoms in total. The molecule has 1 aromatic heterocycles. The molecule has 0 aliphatic heterocycles. The van der Waals surface area contributed by atoms with Gasteiger partial charge in [0.1, 0.15) is 5.01 Å². The van der Waals surface area contributed by atoms with Gasteiger partial charge in [0.2, 0.25) is 11.0 Å². The van der Waals surface area contributed by atoms with Gasteiger partial charge in [-0.05, 0) is 42.3 Å². The number of benzene rings is 2. The van der Waals surface area contributed by atoms with E-state index >= 15 is 0 Å². The third kappa shape index (κ3) is 7.09. The van der Waals surface area contributed by atoms with Crippen LogP contribution in [-0.4, -0.2) is 47.3 Å². The Balaban J connectivity index is 1.52. The minimum Gasteiger partial charge on any atom is -0.493 e. The SMILES string of the molecule is COc1cc(C=NNC(=O)Cc2nnc(NC(=O)c3ccccc3C)s2)ccc1OCCBr. The summed E-state index contributed by atoms with van der Waals surface area (Å²) in [5, 5.41) is 16.0. The van der Waals surface area contributed by atoms with Gasteiger partial charge in [-0.2, -0.15) is 5.10 Å². The zero-order valence-electron chi connectivity index (χ0n) is 18.0. The number of amides is 2. The fourth-order valence-corrected chi connectivity index (χ4v) is 3.65. The van der Waals surface area contributed by atoms with Crippen LogP contribution in [0.4, 0.5) is 5.13 Å². The van der Waals surface area contributed by atoms with Crippen molar-refractivity contribution in [2.45, 2.75) is 13.3 Å². The van der Waals surface area contributed by atoms with Crippen LogP contribution in [0, 0.1) is 6.92 Å². The van der Waals surface area contributed by atoms with Gasteiger partial charge in [-0.3, -0.25) is 14.9 Å². The second-order valence-electron chi connectivity index (χ2n) is 6.69. The van der Waals surface area contributed by atoms with Crippen LogP contribution < -0.4 is 20.2 Å². The number of rotatable bonds is 10. The van der Waals surface area contributed by atoms with E-state index in [0.29, 0.717) is 39.1 Å². The first-order valence-electron chi connectivity index (χ1n) is 9.88. The Kier molecular flexibility index (Phi) is 8.90. The number of ether oxygens (including phenoxy) is 2. The van der Waals surface area contributed by atoms with Crippen molar-refractivity contribution in [3.05, 3.63) is 64.2 Å². The molecule has 0 fully saturated rings. The predicted molar refractivity (Wildman–Crippen MR) is 131 cm³/mol. The second-order valence-corrected chi connectivity index (χ2v) is 8.54. The Bertz CT molecular complexity index is 1150. The summed E-state index contributed by atoms with van der Waals surface area (Å²) in [4.78, 5) is 24.5. The summed E-state index contributed by atoms with van der Waals surface area (Å²) in [5.74, 6) is 0.562. The molecular formula is C22H22BrN5O4S. The van der Waals surface area contributed by atoms with Crippen LogP contribution in [0.25, 0.3) is 0 Å². The lowest BCUT2D eigenvalue weighted by Crippen LogP contribution is -2.19. The molecule has 11 heteroatoms. The van der Waals surface area contributed by atoms with E-state index in [-0.39, 0.29) is 18.2 Å². The Hall–Kier alpha value is -3.31. The maximum absolute atomic E-state index is 12.4. The van der Waals surface area contributed by atoms with Gasteiger partial charge in [0, 0.05) is 10.9 Å². The first-order valence-corrected chi connectivity index (χ1v) is 11.8. The summed E-state index contributed by atoms with van der Waals surface area (Å²) in [5.41, 5.74) is 4.60. The largest absolute Gasteiger partial charge is 0.493 e. The van der Waals surface area contributed by atoms with Gasteiger partial charge in [-0.15, -0.1) is 10.2 Å². The van der Waals surface area contributed by atoms with Gasteiger partial charge < -0.3 is 9.47 Å². The number of methoxy groups -OCH3 is 1. The van der Waals surface area contributed by atoms with E-state index in [2.05, 4.69) is 42.0 Å². The molecule has 0 bridgehead atoms. The van der Waals surface area contributed by atoms with Crippen LogP contribution in [0.15, 0.2) is 47.6 Å². The van der Waals surface area contributed by atoms with Crippen LogP contribution >= 0.6 is 27.3 Å². The molecule has 0 saturated heterocycles. The summed E-state index contributed by atoms with van der Waals surface area (Å²) in [6.45, 7) is 2.37. The van der Waals surface area contributed by atoms with Gasteiger partial charge in [0.15, 0.2) is 11.5 Å². The number of hydrogen-bond donors (Lipinski definition) is 2. The van der Waals surface area contributed by atoms with E-state index in [1.807, 2.05) is 19.1 Å². The molecule has 33 heavy (non-hydrogen) atoms. The number of halogens is 1. The summed E-state index contributed by atoms with van der Waals surface area (Å²) in [6, 6.07) is 12.6. The molecule has 0 atom stereocenters. The fraction of sp³-hybridized carbons (Fsp3) is 0.227. The minimum atomic E-state index is -0.358. The third-order valence-electron chi connectivity index (χ3n) is 4.31. The monoisotopic (exact) mass is 531 g/mol. The highest BCUT2D eigenvalue weighted by atomic mass is 79.9. The van der Waals surface area contributed by atoms with Crippen molar-refractivity contribution in [1.29, 1.82) is 0 Å². The maximum Gasteiger partial charge on any atom is 0.257 e. The van der Waals surface area contributed by atoms with Gasteiger partial charge >= 0.3 is 0 Å². The van der Waals surface area contributed by atoms with E-state index in [9.17, 15) is 9.59 Å². The summed E-state index contributed by atoms with van der Waals surface area (Å²) >= 11 is 4.44. The molecule has 172 valence electrons. The van der Waals surface area contributed by atoms with Crippen LogP contribution in [-0.2, 0) is 11.2 Å². The lowest BCUT2D eigenvalue weighted by molar-refractivity contribution is -0.120. The average molecular weight is 532 g/mol. The molecule has 0 aliphatic rings. The number of nitrogens with zero attached hydrogens (tertiary/aromatic N) is 3. The number of aromatic nitrogens is 2. The van der Waals surface area contributed by atoms with Crippen molar-refractivity contribution in [3.63, 3.8) is 0 Å². The number of alkyl halides is 1. The molecule has 0 unspecified atom stereocenters. The molecule has 0 spiro atoms. The van der Waals surface area contributed by atoms with E-state index in [1.165, 1.54) is 6.21 Å². The first-order chi connectivity index (χ1) is 16.0. The Morgan fingerprint density at radius 3 is 2.76 bits per heavy atom. The molecule has 1 heterocycles. The summed E-state index contributed by atoms with van der Waals surface area (Å²) < 4.78 is 10.9. The van der Waals surface area contributed by atoms with Gasteiger partial charge in [-0.1, -0.05) is 45.5 Å². The fourth-order valence-electron chi connectivity index (χ4n) is 2.76. The van der Waals surface area contributed by atoms with Crippen molar-refractivity contribution in [2.24, 2.45) is 5.10 Å². The Labute approximate surface area is 203 Å². The number of hydrogen-bond acceptors (Lipinski definition) is 8. The van der Waals surface area contributed by atoms with Crippen LogP contribution in [0.3, 0.4) is 0 Å². The molecule has 3 aromatic rings. The topological polar surface area (TPSA) is 115 Å². The van der Waals surface area contributed by atoms with E-state index < -0.39 is 0 Å². The molecule has 2 N–H and O–H groups in total. The van der Waals surface area contributed by atoms with Gasteiger partial charge in [-0.25, -0.2) is 5.43 Å². The molecule has 0 saturated carbocycles. The number of aryl methyl sites for hydroxylation is 1. The van der Waals surface area contributed by atoms with Crippen LogP contribution in [0.5, 0.6) is 11.5 Å². The smallest absolute Gasteiger partial charge is 0.257 e. The van der Waals surface area contributed by atoms with Gasteiger partial charge in [0.25, 0.3) is 5.91 Å². The summed E-state index contributed by atoms with van der Waals surface area (Å²) in [6.07, 6.45) is 1.49. The van der Waals surface area contributed by atoms with E-state index in [4.69, 9.17) is 9.47 Å². The first kappa shape index (κ1) is 24.3. The Morgan fingerprint density at radius 1 is 1.18 bits per heavy atom. The lowest BCUT2D eigenvalue weighted by atomic mass is 10.1. The van der Waals surface area contributed by atoms with Gasteiger partial charge in [0.05, 0.1) is 26.4 Å². The molecule has 0 radical (unpaired) electrons. The highest BCUT2D eigenvalue weighted by molar-refractivity contribution is 9.09. The van der Waals surface area contributed by atoms with Crippen molar-refractivity contribution in [2.75, 3.05) is 24.4 Å². The van der Waals surface area contributed by atoms with Crippen molar-refractivity contribution in [3.8, 4) is 11.5 Å². The second kappa shape index (κ2) is 12.1. The standard InChI is InChI=1S/C22H22BrN5O4S/c1-14-5-3-4-6-16(14)21(30)25-22-28-27-20(33-22)12-19(29)26-24-13-15-7-8-17(32-10-9-23)18(11-15)31-2/h3-8,11,13H,9-10,12H2,1-2H3,(H,26,29)(H,25,28,30). The van der Waals surface area contributed by atoms with E-state index in [1.54, 1.807) is 37.4 Å². The molecule has 3 rings (SSSR count).